The number of pyridine rings is 1. The fourth-order valence-corrected chi connectivity index (χ4v) is 4.60. The number of aryl methyl sites for hydroxylation is 1. The molecule has 4 aromatic rings. The quantitative estimate of drug-likeness (QED) is 0.473. The van der Waals surface area contributed by atoms with Crippen LogP contribution in [0.1, 0.15) is 31.0 Å². The molecular weight excluding hydrogens is 447 g/mol. The molecule has 9 nitrogen and oxygen atoms in total. The molecule has 1 saturated heterocycles. The Morgan fingerprint density at radius 3 is 2.71 bits per heavy atom. The van der Waals surface area contributed by atoms with Crippen molar-refractivity contribution in [2.45, 2.75) is 26.8 Å². The number of benzene rings is 1. The van der Waals surface area contributed by atoms with E-state index in [1.807, 2.05) is 23.3 Å². The summed E-state index contributed by atoms with van der Waals surface area (Å²) in [6, 6.07) is 9.13. The molecule has 1 atom stereocenters. The van der Waals surface area contributed by atoms with Gasteiger partial charge in [0.2, 0.25) is 5.91 Å². The molecule has 3 aromatic heterocycles. The number of nitrogens with zero attached hydrogens (tertiary/aromatic N) is 7. The molecule has 1 amide bonds. The van der Waals surface area contributed by atoms with E-state index in [0.717, 1.165) is 28.1 Å². The lowest BCUT2D eigenvalue weighted by Crippen LogP contribution is -2.54. The third kappa shape index (κ3) is 4.25. The second kappa shape index (κ2) is 9.10. The molecule has 0 aliphatic carbocycles. The molecule has 182 valence electrons. The number of halogens is 1. The van der Waals surface area contributed by atoms with Crippen molar-refractivity contribution in [2.75, 3.05) is 43.4 Å². The molecule has 35 heavy (non-hydrogen) atoms. The van der Waals surface area contributed by atoms with Crippen molar-refractivity contribution in [1.82, 2.24) is 29.6 Å². The number of carbonyl (C=O) groups is 1. The van der Waals surface area contributed by atoms with E-state index in [4.69, 9.17) is 4.98 Å². The summed E-state index contributed by atoms with van der Waals surface area (Å²) in [6.45, 7) is 8.17. The molecule has 0 spiro atoms. The largest absolute Gasteiger partial charge is 0.362 e. The minimum Gasteiger partial charge on any atom is -0.362 e. The predicted molar refractivity (Wildman–Crippen MR) is 134 cm³/mol. The molecule has 0 radical (unpaired) electrons. The van der Waals surface area contributed by atoms with Crippen molar-refractivity contribution in [3.8, 4) is 0 Å². The fraction of sp³-hybridized carbons (Fsp3) is 0.360. The lowest BCUT2D eigenvalue weighted by Gasteiger charge is -2.40. The van der Waals surface area contributed by atoms with Crippen molar-refractivity contribution < 1.29 is 9.18 Å². The normalized spacial score (nSPS) is 15.5. The molecule has 10 heteroatoms. The van der Waals surface area contributed by atoms with Crippen LogP contribution in [-0.2, 0) is 4.79 Å². The Morgan fingerprint density at radius 1 is 1.20 bits per heavy atom. The zero-order valence-corrected chi connectivity index (χ0v) is 20.4. The highest BCUT2D eigenvalue weighted by atomic mass is 19.1. The maximum Gasteiger partial charge on any atom is 0.233 e. The van der Waals surface area contributed by atoms with Crippen LogP contribution in [0.15, 0.2) is 42.9 Å². The number of fused-ring (bicyclic) bond motifs is 2. The van der Waals surface area contributed by atoms with Crippen molar-refractivity contribution in [3.05, 3.63) is 59.8 Å². The molecule has 1 aromatic carbocycles. The van der Waals surface area contributed by atoms with Crippen LogP contribution >= 0.6 is 0 Å². The molecule has 0 bridgehead atoms. The van der Waals surface area contributed by atoms with Crippen molar-refractivity contribution >= 4 is 34.0 Å². The molecule has 0 unspecified atom stereocenters. The van der Waals surface area contributed by atoms with E-state index < -0.39 is 0 Å². The number of hydrazine groups is 1. The third-order valence-electron chi connectivity index (χ3n) is 6.77. The summed E-state index contributed by atoms with van der Waals surface area (Å²) in [4.78, 5) is 23.5. The van der Waals surface area contributed by atoms with Crippen molar-refractivity contribution in [1.29, 1.82) is 0 Å². The van der Waals surface area contributed by atoms with Gasteiger partial charge in [0.1, 0.15) is 23.5 Å². The van der Waals surface area contributed by atoms with Gasteiger partial charge in [-0.05, 0) is 44.2 Å². The molecule has 4 heterocycles. The van der Waals surface area contributed by atoms with Gasteiger partial charge in [-0.15, -0.1) is 0 Å². The van der Waals surface area contributed by atoms with Crippen LogP contribution in [0.3, 0.4) is 0 Å². The Kier molecular flexibility index (Phi) is 5.98. The zero-order chi connectivity index (χ0) is 24.7. The van der Waals surface area contributed by atoms with E-state index in [-0.39, 0.29) is 17.8 Å². The number of piperazine rings is 1. The van der Waals surface area contributed by atoms with Crippen molar-refractivity contribution in [2.24, 2.45) is 0 Å². The Bertz CT molecular complexity index is 1400. The number of carbonyl (C=O) groups excluding carboxylic acids is 1. The van der Waals surface area contributed by atoms with Gasteiger partial charge in [-0.2, -0.15) is 5.10 Å². The summed E-state index contributed by atoms with van der Waals surface area (Å²) >= 11 is 0. The minimum absolute atomic E-state index is 0.00781. The SMILES string of the molecule is CC(=O)N(C)N1CCN(c2nc3c(C)c(F)ccc3cc2[C@H](C)Nc2ncnn3cccc23)CC1. The molecule has 1 fully saturated rings. The van der Waals surface area contributed by atoms with Crippen LogP contribution in [0.2, 0.25) is 0 Å². The summed E-state index contributed by atoms with van der Waals surface area (Å²) in [5.74, 6) is 1.29. The molecule has 1 N–H and O–H groups in total. The lowest BCUT2D eigenvalue weighted by atomic mass is 10.0. The van der Waals surface area contributed by atoms with Gasteiger partial charge < -0.3 is 10.2 Å². The summed E-state index contributed by atoms with van der Waals surface area (Å²) in [6.07, 6.45) is 3.41. The summed E-state index contributed by atoms with van der Waals surface area (Å²) < 4.78 is 16.2. The van der Waals surface area contributed by atoms with Crippen LogP contribution in [0.25, 0.3) is 16.4 Å². The first-order valence-electron chi connectivity index (χ1n) is 11.7. The highest BCUT2D eigenvalue weighted by Crippen LogP contribution is 2.33. The van der Waals surface area contributed by atoms with Crippen LogP contribution < -0.4 is 10.2 Å². The number of hydrogen-bond donors (Lipinski definition) is 1. The van der Waals surface area contributed by atoms with Crippen LogP contribution in [0, 0.1) is 12.7 Å². The van der Waals surface area contributed by atoms with E-state index in [2.05, 4.69) is 33.3 Å². The summed E-state index contributed by atoms with van der Waals surface area (Å²) in [7, 11) is 1.79. The second-order valence-corrected chi connectivity index (χ2v) is 8.94. The molecule has 0 saturated carbocycles. The molecule has 5 rings (SSSR count). The average Bonchev–Trinajstić information content (AvgIpc) is 3.35. The number of anilines is 2. The minimum atomic E-state index is -0.264. The summed E-state index contributed by atoms with van der Waals surface area (Å²) in [5.41, 5.74) is 3.08. The van der Waals surface area contributed by atoms with E-state index in [0.29, 0.717) is 37.3 Å². The van der Waals surface area contributed by atoms with E-state index in [9.17, 15) is 9.18 Å². The summed E-state index contributed by atoms with van der Waals surface area (Å²) in [5, 5.41) is 12.4. The Morgan fingerprint density at radius 2 is 1.97 bits per heavy atom. The average molecular weight is 477 g/mol. The second-order valence-electron chi connectivity index (χ2n) is 8.94. The first kappa shape index (κ1) is 23.0. The Labute approximate surface area is 203 Å². The number of nitrogens with one attached hydrogen (secondary N) is 1. The highest BCUT2D eigenvalue weighted by molar-refractivity contribution is 5.85. The van der Waals surface area contributed by atoms with Crippen LogP contribution in [-0.4, -0.2) is 68.7 Å². The maximum atomic E-state index is 14.4. The topological polar surface area (TPSA) is 81.9 Å². The van der Waals surface area contributed by atoms with Crippen molar-refractivity contribution in [3.63, 3.8) is 0 Å². The maximum absolute atomic E-state index is 14.4. The Balaban J connectivity index is 1.52. The predicted octanol–water partition coefficient (Wildman–Crippen LogP) is 3.41. The van der Waals surface area contributed by atoms with Gasteiger partial charge in [-0.25, -0.2) is 23.9 Å². The Hall–Kier alpha value is -3.79. The third-order valence-corrected chi connectivity index (χ3v) is 6.77. The molecular formula is C25H29FN8O. The van der Waals surface area contributed by atoms with Gasteiger partial charge in [-0.3, -0.25) is 9.80 Å². The van der Waals surface area contributed by atoms with Gasteiger partial charge in [0.15, 0.2) is 5.82 Å². The number of hydrogen-bond acceptors (Lipinski definition) is 7. The van der Waals surface area contributed by atoms with Gasteiger partial charge in [0, 0.05) is 62.9 Å². The van der Waals surface area contributed by atoms with Gasteiger partial charge >= 0.3 is 0 Å². The van der Waals surface area contributed by atoms with Gasteiger partial charge in [-0.1, -0.05) is 0 Å². The van der Waals surface area contributed by atoms with Crippen LogP contribution in [0.4, 0.5) is 16.0 Å². The van der Waals surface area contributed by atoms with E-state index >= 15 is 0 Å². The van der Waals surface area contributed by atoms with Crippen LogP contribution in [0.5, 0.6) is 0 Å². The van der Waals surface area contributed by atoms with E-state index in [1.54, 1.807) is 36.5 Å². The monoisotopic (exact) mass is 476 g/mol. The lowest BCUT2D eigenvalue weighted by molar-refractivity contribution is -0.143. The fourth-order valence-electron chi connectivity index (χ4n) is 4.60. The van der Waals surface area contributed by atoms with Gasteiger partial charge in [0.05, 0.1) is 11.6 Å². The van der Waals surface area contributed by atoms with E-state index in [1.165, 1.54) is 12.4 Å². The number of aromatic nitrogens is 4. The number of amides is 1. The smallest absolute Gasteiger partial charge is 0.233 e. The zero-order valence-electron chi connectivity index (χ0n) is 20.4. The first-order valence-corrected chi connectivity index (χ1v) is 11.7. The highest BCUT2D eigenvalue weighted by Gasteiger charge is 2.26. The first-order chi connectivity index (χ1) is 16.8. The molecule has 1 aliphatic rings. The van der Waals surface area contributed by atoms with Gasteiger partial charge in [0.25, 0.3) is 0 Å². The molecule has 1 aliphatic heterocycles. The standard InChI is InChI=1S/C25H29FN8O/c1-16-21(26)8-7-19-14-20(17(2)29-24-22-6-5-9-34(22)28-15-27-24)25(30-23(16)19)32-10-12-33(13-11-32)31(4)18(3)35/h5-9,14-15,17H,10-13H2,1-4H3,(H,27,28,29)/t17-/m0/s1. The number of rotatable bonds is 5.